The Morgan fingerprint density at radius 2 is 2.31 bits per heavy atom. The Kier molecular flexibility index (Phi) is 2.82. The summed E-state index contributed by atoms with van der Waals surface area (Å²) in [7, 11) is 0. The number of fused-ring (bicyclic) bond motifs is 1. The van der Waals surface area contributed by atoms with Crippen LogP contribution in [0.2, 0.25) is 0 Å². The second-order valence-corrected chi connectivity index (χ2v) is 5.59. The molecule has 1 aromatic rings. The van der Waals surface area contributed by atoms with E-state index in [1.165, 1.54) is 36.9 Å². The Balaban J connectivity index is 1.86. The molecule has 2 aliphatic rings. The Bertz CT molecular complexity index is 428. The van der Waals surface area contributed by atoms with E-state index in [-0.39, 0.29) is 0 Å². The zero-order valence-corrected chi connectivity index (χ0v) is 10.7. The van der Waals surface area contributed by atoms with Crippen LogP contribution >= 0.6 is 15.9 Å². The number of pyridine rings is 1. The van der Waals surface area contributed by atoms with E-state index in [1.807, 2.05) is 12.4 Å². The Hall–Kier alpha value is -0.670. The fourth-order valence-electron chi connectivity index (χ4n) is 2.77. The van der Waals surface area contributed by atoms with Crippen LogP contribution in [0.3, 0.4) is 0 Å². The van der Waals surface area contributed by atoms with Crippen molar-refractivity contribution in [3.8, 4) is 0 Å². The predicted octanol–water partition coefficient (Wildman–Crippen LogP) is 3.00. The van der Waals surface area contributed by atoms with Crippen LogP contribution in [0.1, 0.15) is 24.8 Å². The molecule has 0 spiro atoms. The highest BCUT2D eigenvalue weighted by Crippen LogP contribution is 2.36. The molecule has 0 amide bonds. The van der Waals surface area contributed by atoms with Gasteiger partial charge in [0, 0.05) is 22.9 Å². The summed E-state index contributed by atoms with van der Waals surface area (Å²) in [5, 5.41) is 3.59. The van der Waals surface area contributed by atoms with Gasteiger partial charge < -0.3 is 5.32 Å². The smallest absolute Gasteiger partial charge is 0.0410 e. The minimum absolute atomic E-state index is 0.600. The lowest BCUT2D eigenvalue weighted by molar-refractivity contribution is 0.341. The Morgan fingerprint density at radius 1 is 1.38 bits per heavy atom. The Morgan fingerprint density at radius 3 is 3.12 bits per heavy atom. The summed E-state index contributed by atoms with van der Waals surface area (Å²) >= 11 is 3.48. The highest BCUT2D eigenvalue weighted by Gasteiger charge is 2.29. The number of rotatable bonds is 1. The van der Waals surface area contributed by atoms with Crippen LogP contribution in [-0.2, 0) is 0 Å². The number of nitrogens with one attached hydrogen (secondary N) is 1. The molecule has 0 aromatic carbocycles. The maximum Gasteiger partial charge on any atom is 0.0410 e. The third-order valence-electron chi connectivity index (χ3n) is 3.58. The van der Waals surface area contributed by atoms with Crippen molar-refractivity contribution in [1.29, 1.82) is 0 Å². The molecule has 3 rings (SSSR count). The lowest BCUT2D eigenvalue weighted by Gasteiger charge is -2.25. The molecule has 1 aliphatic carbocycles. The first-order valence-corrected chi connectivity index (χ1v) is 6.67. The van der Waals surface area contributed by atoms with Gasteiger partial charge in [-0.1, -0.05) is 6.08 Å². The van der Waals surface area contributed by atoms with Gasteiger partial charge in [0.2, 0.25) is 0 Å². The van der Waals surface area contributed by atoms with E-state index in [9.17, 15) is 0 Å². The van der Waals surface area contributed by atoms with E-state index in [0.29, 0.717) is 6.04 Å². The van der Waals surface area contributed by atoms with E-state index >= 15 is 0 Å². The van der Waals surface area contributed by atoms with Crippen LogP contribution in [0.15, 0.2) is 29.0 Å². The van der Waals surface area contributed by atoms with Gasteiger partial charge in [0.1, 0.15) is 0 Å². The molecule has 1 N–H and O–H groups in total. The van der Waals surface area contributed by atoms with Gasteiger partial charge in [-0.05, 0) is 64.9 Å². The molecule has 1 fully saturated rings. The van der Waals surface area contributed by atoms with Crippen molar-refractivity contribution in [3.63, 3.8) is 0 Å². The topological polar surface area (TPSA) is 24.9 Å². The normalized spacial score (nSPS) is 28.7. The number of allylic oxidation sites excluding steroid dienone is 1. The van der Waals surface area contributed by atoms with Gasteiger partial charge in [0.05, 0.1) is 0 Å². The van der Waals surface area contributed by atoms with Crippen molar-refractivity contribution in [3.05, 3.63) is 34.6 Å². The van der Waals surface area contributed by atoms with E-state index in [0.717, 1.165) is 10.4 Å². The van der Waals surface area contributed by atoms with Crippen molar-refractivity contribution in [2.24, 2.45) is 5.92 Å². The van der Waals surface area contributed by atoms with Gasteiger partial charge >= 0.3 is 0 Å². The van der Waals surface area contributed by atoms with Gasteiger partial charge in [-0.3, -0.25) is 4.98 Å². The summed E-state index contributed by atoms with van der Waals surface area (Å²) < 4.78 is 1.06. The van der Waals surface area contributed by atoms with Crippen LogP contribution in [-0.4, -0.2) is 17.6 Å². The second-order valence-electron chi connectivity index (χ2n) is 4.67. The van der Waals surface area contributed by atoms with Crippen molar-refractivity contribution >= 4 is 21.5 Å². The first-order chi connectivity index (χ1) is 7.83. The second kappa shape index (κ2) is 4.30. The van der Waals surface area contributed by atoms with E-state index in [2.05, 4.69) is 38.4 Å². The van der Waals surface area contributed by atoms with Crippen LogP contribution in [0.25, 0.3) is 5.57 Å². The maximum atomic E-state index is 4.24. The predicted molar refractivity (Wildman–Crippen MR) is 69.0 cm³/mol. The van der Waals surface area contributed by atoms with Gasteiger partial charge in [-0.2, -0.15) is 0 Å². The Labute approximate surface area is 104 Å². The maximum absolute atomic E-state index is 4.24. The van der Waals surface area contributed by atoms with E-state index in [1.54, 1.807) is 0 Å². The largest absolute Gasteiger partial charge is 0.310 e. The summed E-state index contributed by atoms with van der Waals surface area (Å²) in [6.07, 6.45) is 10.1. The lowest BCUT2D eigenvalue weighted by atomic mass is 9.92. The number of piperidine rings is 1. The zero-order valence-electron chi connectivity index (χ0n) is 9.12. The van der Waals surface area contributed by atoms with Crippen LogP contribution in [0, 0.1) is 5.92 Å². The lowest BCUT2D eigenvalue weighted by Crippen LogP contribution is -2.37. The molecule has 1 saturated heterocycles. The van der Waals surface area contributed by atoms with Crippen LogP contribution in [0.4, 0.5) is 0 Å². The number of aromatic nitrogens is 1. The standard InChI is InChI=1S/C13H15BrN2/c14-12-5-11(7-15-8-12)10-4-9-2-1-3-16-13(9)6-10/h5-9,13,16H,1-4H2. The molecule has 2 atom stereocenters. The van der Waals surface area contributed by atoms with Crippen molar-refractivity contribution in [2.45, 2.75) is 25.3 Å². The third kappa shape index (κ3) is 1.94. The van der Waals surface area contributed by atoms with Gasteiger partial charge in [-0.15, -0.1) is 0 Å². The molecule has 2 heterocycles. The van der Waals surface area contributed by atoms with Crippen molar-refractivity contribution in [2.75, 3.05) is 6.54 Å². The fraction of sp³-hybridized carbons (Fsp3) is 0.462. The minimum Gasteiger partial charge on any atom is -0.310 e. The molecule has 84 valence electrons. The molecule has 1 aliphatic heterocycles. The zero-order chi connectivity index (χ0) is 11.0. The monoisotopic (exact) mass is 278 g/mol. The van der Waals surface area contributed by atoms with Crippen molar-refractivity contribution in [1.82, 2.24) is 10.3 Å². The summed E-state index contributed by atoms with van der Waals surface area (Å²) in [5.74, 6) is 0.808. The molecule has 3 heteroatoms. The van der Waals surface area contributed by atoms with Gasteiger partial charge in [0.15, 0.2) is 0 Å². The summed E-state index contributed by atoms with van der Waals surface area (Å²) in [4.78, 5) is 4.24. The number of halogens is 1. The van der Waals surface area contributed by atoms with Crippen molar-refractivity contribution < 1.29 is 0 Å². The minimum atomic E-state index is 0.600. The average molecular weight is 279 g/mol. The average Bonchev–Trinajstić information content (AvgIpc) is 2.72. The van der Waals surface area contributed by atoms with E-state index in [4.69, 9.17) is 0 Å². The van der Waals surface area contributed by atoms with Crippen LogP contribution in [0.5, 0.6) is 0 Å². The molecule has 2 nitrogen and oxygen atoms in total. The molecule has 16 heavy (non-hydrogen) atoms. The molecular weight excluding hydrogens is 264 g/mol. The summed E-state index contributed by atoms with van der Waals surface area (Å²) in [5.41, 5.74) is 2.73. The molecule has 2 unspecified atom stereocenters. The molecule has 1 aromatic heterocycles. The van der Waals surface area contributed by atoms with E-state index < -0.39 is 0 Å². The summed E-state index contributed by atoms with van der Waals surface area (Å²) in [6, 6.07) is 2.76. The van der Waals surface area contributed by atoms with Gasteiger partial charge in [-0.25, -0.2) is 0 Å². The first kappa shape index (κ1) is 10.5. The molecular formula is C13H15BrN2. The highest BCUT2D eigenvalue weighted by molar-refractivity contribution is 9.10. The van der Waals surface area contributed by atoms with Crippen LogP contribution < -0.4 is 5.32 Å². The summed E-state index contributed by atoms with van der Waals surface area (Å²) in [6.45, 7) is 1.17. The number of hydrogen-bond acceptors (Lipinski definition) is 2. The highest BCUT2D eigenvalue weighted by atomic mass is 79.9. The molecule has 0 bridgehead atoms. The molecule has 0 saturated carbocycles. The quantitative estimate of drug-likeness (QED) is 0.854. The third-order valence-corrected chi connectivity index (χ3v) is 4.01. The molecule has 0 radical (unpaired) electrons. The first-order valence-electron chi connectivity index (χ1n) is 5.88. The number of hydrogen-bond donors (Lipinski definition) is 1. The SMILES string of the molecule is Brc1cncc(C2=CC3NCCCC3C2)c1. The van der Waals surface area contributed by atoms with Gasteiger partial charge in [0.25, 0.3) is 0 Å². The number of nitrogens with zero attached hydrogens (tertiary/aromatic N) is 1. The fourth-order valence-corrected chi connectivity index (χ4v) is 3.14.